The molecule has 18 heavy (non-hydrogen) atoms. The minimum atomic E-state index is -0.522. The topological polar surface area (TPSA) is 73.6 Å². The number of primary amides is 1. The number of benzene rings is 1. The maximum atomic E-state index is 11.5. The monoisotopic (exact) mass is 252 g/mol. The van der Waals surface area contributed by atoms with Gasteiger partial charge < -0.3 is 15.2 Å². The molecule has 3 N–H and O–H groups in total. The van der Waals surface area contributed by atoms with Crippen molar-refractivity contribution < 1.29 is 14.3 Å². The molecular weight excluding hydrogens is 232 g/mol. The molecule has 1 aromatic carbocycles. The second-order valence-corrected chi connectivity index (χ2v) is 3.91. The van der Waals surface area contributed by atoms with Crippen LogP contribution in [0.5, 0.6) is 0 Å². The van der Waals surface area contributed by atoms with E-state index in [0.29, 0.717) is 19.8 Å². The minimum Gasteiger partial charge on any atom is -0.383 e. The molecule has 1 unspecified atom stereocenters. The van der Waals surface area contributed by atoms with Gasteiger partial charge in [0.15, 0.2) is 0 Å². The van der Waals surface area contributed by atoms with Crippen LogP contribution in [0.4, 0.5) is 0 Å². The molecule has 0 spiro atoms. The van der Waals surface area contributed by atoms with Crippen molar-refractivity contribution in [1.82, 2.24) is 5.32 Å². The highest BCUT2D eigenvalue weighted by molar-refractivity contribution is 5.81. The third kappa shape index (κ3) is 4.10. The van der Waals surface area contributed by atoms with Gasteiger partial charge in [-0.25, -0.2) is 0 Å². The number of carbonyl (C=O) groups excluding carboxylic acids is 1. The van der Waals surface area contributed by atoms with E-state index >= 15 is 0 Å². The van der Waals surface area contributed by atoms with Crippen LogP contribution in [-0.2, 0) is 20.9 Å². The average molecular weight is 252 g/mol. The van der Waals surface area contributed by atoms with Crippen molar-refractivity contribution in [3.05, 3.63) is 35.4 Å². The van der Waals surface area contributed by atoms with E-state index < -0.39 is 11.9 Å². The Hall–Kier alpha value is -1.43. The first-order valence-electron chi connectivity index (χ1n) is 5.79. The van der Waals surface area contributed by atoms with Crippen molar-refractivity contribution in [3.8, 4) is 0 Å². The SMILES string of the molecule is COCCNC(C(N)=O)c1ccccc1COC. The standard InChI is InChI=1S/C13H20N2O3/c1-17-8-7-15-12(13(14)16)11-6-4-3-5-10(11)9-18-2/h3-6,12,15H,7-9H2,1-2H3,(H2,14,16). The first kappa shape index (κ1) is 14.6. The summed E-state index contributed by atoms with van der Waals surface area (Å²) in [5, 5.41) is 3.08. The molecule has 1 rings (SSSR count). The Kier molecular flexibility index (Phi) is 6.35. The van der Waals surface area contributed by atoms with Gasteiger partial charge in [-0.2, -0.15) is 0 Å². The zero-order valence-corrected chi connectivity index (χ0v) is 10.8. The van der Waals surface area contributed by atoms with E-state index in [0.717, 1.165) is 11.1 Å². The number of methoxy groups -OCH3 is 2. The number of ether oxygens (including phenoxy) is 2. The summed E-state index contributed by atoms with van der Waals surface area (Å²) in [5.74, 6) is -0.408. The van der Waals surface area contributed by atoms with Crippen LogP contribution in [0.1, 0.15) is 17.2 Å². The van der Waals surface area contributed by atoms with Crippen LogP contribution in [0, 0.1) is 0 Å². The van der Waals surface area contributed by atoms with Gasteiger partial charge in [0.1, 0.15) is 6.04 Å². The summed E-state index contributed by atoms with van der Waals surface area (Å²) in [6, 6.07) is 7.07. The lowest BCUT2D eigenvalue weighted by Gasteiger charge is -2.18. The summed E-state index contributed by atoms with van der Waals surface area (Å²) >= 11 is 0. The van der Waals surface area contributed by atoms with Gasteiger partial charge in [0.2, 0.25) is 5.91 Å². The normalized spacial score (nSPS) is 12.3. The van der Waals surface area contributed by atoms with E-state index in [4.69, 9.17) is 15.2 Å². The summed E-state index contributed by atoms with van der Waals surface area (Å²) in [6.07, 6.45) is 0. The van der Waals surface area contributed by atoms with Crippen molar-refractivity contribution in [1.29, 1.82) is 0 Å². The van der Waals surface area contributed by atoms with Crippen molar-refractivity contribution >= 4 is 5.91 Å². The molecule has 0 aliphatic carbocycles. The first-order chi connectivity index (χ1) is 8.70. The second-order valence-electron chi connectivity index (χ2n) is 3.91. The number of nitrogens with two attached hydrogens (primary N) is 1. The van der Waals surface area contributed by atoms with Crippen LogP contribution < -0.4 is 11.1 Å². The molecular formula is C13H20N2O3. The Morgan fingerprint density at radius 1 is 1.33 bits per heavy atom. The number of hydrogen-bond acceptors (Lipinski definition) is 4. The molecule has 1 atom stereocenters. The molecule has 1 aromatic rings. The van der Waals surface area contributed by atoms with Crippen LogP contribution in [0.3, 0.4) is 0 Å². The molecule has 100 valence electrons. The summed E-state index contributed by atoms with van der Waals surface area (Å²) in [5.41, 5.74) is 7.24. The zero-order valence-electron chi connectivity index (χ0n) is 10.8. The maximum Gasteiger partial charge on any atom is 0.239 e. The minimum absolute atomic E-state index is 0.408. The zero-order chi connectivity index (χ0) is 13.4. The highest BCUT2D eigenvalue weighted by Crippen LogP contribution is 2.18. The largest absolute Gasteiger partial charge is 0.383 e. The highest BCUT2D eigenvalue weighted by Gasteiger charge is 2.19. The average Bonchev–Trinajstić information content (AvgIpc) is 2.36. The third-order valence-electron chi connectivity index (χ3n) is 2.61. The number of nitrogens with one attached hydrogen (secondary N) is 1. The van der Waals surface area contributed by atoms with Gasteiger partial charge in [0, 0.05) is 20.8 Å². The molecule has 0 bridgehead atoms. The van der Waals surface area contributed by atoms with E-state index in [9.17, 15) is 4.79 Å². The van der Waals surface area contributed by atoms with E-state index in [1.807, 2.05) is 24.3 Å². The summed E-state index contributed by atoms with van der Waals surface area (Å²) in [7, 11) is 3.23. The lowest BCUT2D eigenvalue weighted by molar-refractivity contribution is -0.120. The molecule has 5 heteroatoms. The van der Waals surface area contributed by atoms with Crippen LogP contribution in [-0.4, -0.2) is 33.3 Å². The van der Waals surface area contributed by atoms with Gasteiger partial charge in [-0.15, -0.1) is 0 Å². The quantitative estimate of drug-likeness (QED) is 0.664. The number of rotatable bonds is 8. The molecule has 5 nitrogen and oxygen atoms in total. The van der Waals surface area contributed by atoms with E-state index in [2.05, 4.69) is 5.32 Å². The lowest BCUT2D eigenvalue weighted by Crippen LogP contribution is -2.36. The summed E-state index contributed by atoms with van der Waals surface area (Å²) < 4.78 is 10.1. The van der Waals surface area contributed by atoms with Gasteiger partial charge in [0.05, 0.1) is 13.2 Å². The smallest absolute Gasteiger partial charge is 0.239 e. The Bertz CT molecular complexity index is 382. The molecule has 0 radical (unpaired) electrons. The number of carbonyl (C=O) groups is 1. The Morgan fingerprint density at radius 3 is 2.67 bits per heavy atom. The van der Waals surface area contributed by atoms with Crippen LogP contribution >= 0.6 is 0 Å². The Labute approximate surface area is 107 Å². The van der Waals surface area contributed by atoms with Crippen LogP contribution in [0.2, 0.25) is 0 Å². The number of hydrogen-bond donors (Lipinski definition) is 2. The Balaban J connectivity index is 2.87. The van der Waals surface area contributed by atoms with Gasteiger partial charge in [-0.05, 0) is 11.1 Å². The van der Waals surface area contributed by atoms with Crippen LogP contribution in [0.25, 0.3) is 0 Å². The fourth-order valence-electron chi connectivity index (χ4n) is 1.77. The predicted molar refractivity (Wildman–Crippen MR) is 69.0 cm³/mol. The summed E-state index contributed by atoms with van der Waals surface area (Å²) in [4.78, 5) is 11.5. The maximum absolute atomic E-state index is 11.5. The van der Waals surface area contributed by atoms with Crippen molar-refractivity contribution in [2.24, 2.45) is 5.73 Å². The lowest BCUT2D eigenvalue weighted by atomic mass is 10.00. The van der Waals surface area contributed by atoms with Crippen molar-refractivity contribution in [2.45, 2.75) is 12.6 Å². The predicted octanol–water partition coefficient (Wildman–Crippen LogP) is 0.595. The van der Waals surface area contributed by atoms with Gasteiger partial charge in [-0.3, -0.25) is 10.1 Å². The first-order valence-corrected chi connectivity index (χ1v) is 5.79. The molecule has 0 aromatic heterocycles. The third-order valence-corrected chi connectivity index (χ3v) is 2.61. The molecule has 0 aliphatic rings. The molecule has 0 saturated carbocycles. The Morgan fingerprint density at radius 2 is 2.06 bits per heavy atom. The molecule has 0 heterocycles. The highest BCUT2D eigenvalue weighted by atomic mass is 16.5. The van der Waals surface area contributed by atoms with E-state index in [1.54, 1.807) is 14.2 Å². The molecule has 0 saturated heterocycles. The fraction of sp³-hybridized carbons (Fsp3) is 0.462. The van der Waals surface area contributed by atoms with E-state index in [-0.39, 0.29) is 0 Å². The second kappa shape index (κ2) is 7.81. The number of amides is 1. The van der Waals surface area contributed by atoms with Gasteiger partial charge in [0.25, 0.3) is 0 Å². The van der Waals surface area contributed by atoms with Crippen LogP contribution in [0.15, 0.2) is 24.3 Å². The summed E-state index contributed by atoms with van der Waals surface area (Å²) in [6.45, 7) is 1.54. The van der Waals surface area contributed by atoms with Gasteiger partial charge >= 0.3 is 0 Å². The van der Waals surface area contributed by atoms with Crippen molar-refractivity contribution in [2.75, 3.05) is 27.4 Å². The molecule has 0 aliphatic heterocycles. The molecule has 1 amide bonds. The fourth-order valence-corrected chi connectivity index (χ4v) is 1.77. The van der Waals surface area contributed by atoms with Crippen molar-refractivity contribution in [3.63, 3.8) is 0 Å². The van der Waals surface area contributed by atoms with Gasteiger partial charge in [-0.1, -0.05) is 24.3 Å². The van der Waals surface area contributed by atoms with E-state index in [1.165, 1.54) is 0 Å². The molecule has 0 fully saturated rings.